The number of ether oxygens (including phenoxy) is 3. The highest BCUT2D eigenvalue weighted by Crippen LogP contribution is 2.39. The van der Waals surface area contributed by atoms with Gasteiger partial charge in [0.2, 0.25) is 11.7 Å². The zero-order valence-electron chi connectivity index (χ0n) is 17.6. The number of hydrogen-bond acceptors (Lipinski definition) is 5. The Hall–Kier alpha value is -2.73. The van der Waals surface area contributed by atoms with Crippen molar-refractivity contribution in [1.29, 1.82) is 0 Å². The van der Waals surface area contributed by atoms with Gasteiger partial charge in [-0.05, 0) is 49.6 Å². The Morgan fingerprint density at radius 2 is 1.76 bits per heavy atom. The second-order valence-electron chi connectivity index (χ2n) is 7.30. The van der Waals surface area contributed by atoms with Crippen LogP contribution in [0.4, 0.5) is 0 Å². The van der Waals surface area contributed by atoms with Gasteiger partial charge in [-0.1, -0.05) is 30.3 Å². The number of hydrogen-bond donors (Lipinski definition) is 1. The summed E-state index contributed by atoms with van der Waals surface area (Å²) in [6.45, 7) is 3.69. The monoisotopic (exact) mass is 398 g/mol. The lowest BCUT2D eigenvalue weighted by Gasteiger charge is -2.26. The van der Waals surface area contributed by atoms with Crippen molar-refractivity contribution >= 4 is 5.91 Å². The molecule has 6 nitrogen and oxygen atoms in total. The lowest BCUT2D eigenvalue weighted by molar-refractivity contribution is -0.126. The van der Waals surface area contributed by atoms with Crippen LogP contribution >= 0.6 is 0 Å². The fraction of sp³-hybridized carbons (Fsp3) is 0.435. The van der Waals surface area contributed by atoms with Gasteiger partial charge in [-0.25, -0.2) is 0 Å². The van der Waals surface area contributed by atoms with E-state index in [0.717, 1.165) is 31.5 Å². The second-order valence-corrected chi connectivity index (χ2v) is 7.30. The molecule has 0 saturated carbocycles. The molecule has 2 aromatic rings. The lowest BCUT2D eigenvalue weighted by atomic mass is 10.1. The Morgan fingerprint density at radius 1 is 1.10 bits per heavy atom. The van der Waals surface area contributed by atoms with Gasteiger partial charge in [-0.15, -0.1) is 0 Å². The van der Waals surface area contributed by atoms with E-state index in [0.29, 0.717) is 17.2 Å². The zero-order chi connectivity index (χ0) is 20.8. The van der Waals surface area contributed by atoms with Gasteiger partial charge in [-0.3, -0.25) is 9.69 Å². The third-order valence-corrected chi connectivity index (χ3v) is 5.44. The molecular formula is C23H30N2O4. The van der Waals surface area contributed by atoms with E-state index in [9.17, 15) is 4.79 Å². The summed E-state index contributed by atoms with van der Waals surface area (Å²) >= 11 is 0. The number of rotatable bonds is 8. The molecule has 0 radical (unpaired) electrons. The maximum Gasteiger partial charge on any atom is 0.237 e. The van der Waals surface area contributed by atoms with Crippen LogP contribution in [-0.2, 0) is 11.3 Å². The van der Waals surface area contributed by atoms with Crippen molar-refractivity contribution in [2.75, 3.05) is 27.9 Å². The fourth-order valence-corrected chi connectivity index (χ4v) is 3.87. The highest BCUT2D eigenvalue weighted by molar-refractivity contribution is 5.82. The van der Waals surface area contributed by atoms with E-state index in [4.69, 9.17) is 14.2 Å². The first-order chi connectivity index (χ1) is 14.1. The summed E-state index contributed by atoms with van der Waals surface area (Å²) in [4.78, 5) is 15.3. The molecule has 1 heterocycles. The first-order valence-electron chi connectivity index (χ1n) is 9.95. The number of likely N-dealkylation sites (tertiary alicyclic amines) is 1. The van der Waals surface area contributed by atoms with Gasteiger partial charge >= 0.3 is 0 Å². The summed E-state index contributed by atoms with van der Waals surface area (Å²) in [5, 5.41) is 3.16. The average Bonchev–Trinajstić information content (AvgIpc) is 3.21. The number of benzene rings is 2. The molecule has 0 aliphatic carbocycles. The molecule has 0 bridgehead atoms. The van der Waals surface area contributed by atoms with Crippen LogP contribution in [0.3, 0.4) is 0 Å². The van der Waals surface area contributed by atoms with E-state index in [2.05, 4.69) is 22.3 Å². The van der Waals surface area contributed by atoms with Crippen LogP contribution in [0, 0.1) is 0 Å². The molecule has 2 aromatic carbocycles. The molecule has 2 atom stereocenters. The van der Waals surface area contributed by atoms with Crippen LogP contribution in [0.15, 0.2) is 42.5 Å². The number of methoxy groups -OCH3 is 3. The van der Waals surface area contributed by atoms with Crippen molar-refractivity contribution in [2.45, 2.75) is 38.4 Å². The molecule has 156 valence electrons. The lowest BCUT2D eigenvalue weighted by Crippen LogP contribution is -2.43. The van der Waals surface area contributed by atoms with Gasteiger partial charge in [-0.2, -0.15) is 0 Å². The predicted molar refractivity (Wildman–Crippen MR) is 113 cm³/mol. The average molecular weight is 399 g/mol. The maximum absolute atomic E-state index is 13.0. The van der Waals surface area contributed by atoms with Crippen LogP contribution in [0.5, 0.6) is 17.2 Å². The molecular weight excluding hydrogens is 368 g/mol. The molecule has 1 saturated heterocycles. The molecule has 2 unspecified atom stereocenters. The summed E-state index contributed by atoms with van der Waals surface area (Å²) in [6.07, 6.45) is 1.91. The summed E-state index contributed by atoms with van der Waals surface area (Å²) in [6, 6.07) is 13.7. The van der Waals surface area contributed by atoms with Gasteiger partial charge in [0.1, 0.15) is 0 Å². The largest absolute Gasteiger partial charge is 0.493 e. The summed E-state index contributed by atoms with van der Waals surface area (Å²) < 4.78 is 16.2. The second kappa shape index (κ2) is 9.65. The zero-order valence-corrected chi connectivity index (χ0v) is 17.6. The Bertz CT molecular complexity index is 800. The van der Waals surface area contributed by atoms with E-state index in [1.54, 1.807) is 21.3 Å². The van der Waals surface area contributed by atoms with E-state index in [1.165, 1.54) is 5.56 Å². The van der Waals surface area contributed by atoms with Crippen molar-refractivity contribution in [3.63, 3.8) is 0 Å². The molecule has 6 heteroatoms. The van der Waals surface area contributed by atoms with Crippen LogP contribution < -0.4 is 19.5 Å². The number of carbonyl (C=O) groups excluding carboxylic acids is 1. The smallest absolute Gasteiger partial charge is 0.237 e. The SMILES string of the molecule is COc1cc(C(C)NC(=O)C2CCCN2Cc2ccccc2)cc(OC)c1OC. The quantitative estimate of drug-likeness (QED) is 0.737. The minimum Gasteiger partial charge on any atom is -0.493 e. The molecule has 1 N–H and O–H groups in total. The van der Waals surface area contributed by atoms with Crippen molar-refractivity contribution < 1.29 is 19.0 Å². The highest BCUT2D eigenvalue weighted by Gasteiger charge is 2.31. The van der Waals surface area contributed by atoms with Crippen LogP contribution in [0.25, 0.3) is 0 Å². The standard InChI is InChI=1S/C23H30N2O4/c1-16(18-13-20(27-2)22(29-4)21(14-18)28-3)24-23(26)19-11-8-12-25(19)15-17-9-6-5-7-10-17/h5-7,9-10,13-14,16,19H,8,11-12,15H2,1-4H3,(H,24,26). The van der Waals surface area contributed by atoms with Crippen molar-refractivity contribution in [1.82, 2.24) is 10.2 Å². The number of amides is 1. The molecule has 0 spiro atoms. The maximum atomic E-state index is 13.0. The van der Waals surface area contributed by atoms with Crippen molar-refractivity contribution in [2.24, 2.45) is 0 Å². The topological polar surface area (TPSA) is 60.0 Å². The summed E-state index contributed by atoms with van der Waals surface area (Å²) in [5.41, 5.74) is 2.13. The van der Waals surface area contributed by atoms with Crippen LogP contribution in [0.2, 0.25) is 0 Å². The molecule has 1 amide bonds. The summed E-state index contributed by atoms with van der Waals surface area (Å²) in [7, 11) is 4.75. The van der Waals surface area contributed by atoms with Crippen LogP contribution in [-0.4, -0.2) is 44.7 Å². The number of nitrogens with zero attached hydrogens (tertiary/aromatic N) is 1. The fourth-order valence-electron chi connectivity index (χ4n) is 3.87. The molecule has 0 aromatic heterocycles. The summed E-state index contributed by atoms with van der Waals surface area (Å²) in [5.74, 6) is 1.76. The van der Waals surface area contributed by atoms with Crippen LogP contribution in [0.1, 0.15) is 36.9 Å². The highest BCUT2D eigenvalue weighted by atomic mass is 16.5. The van der Waals surface area contributed by atoms with E-state index >= 15 is 0 Å². The van der Waals surface area contributed by atoms with E-state index in [-0.39, 0.29) is 18.0 Å². The van der Waals surface area contributed by atoms with Gasteiger partial charge in [0, 0.05) is 6.54 Å². The number of nitrogens with one attached hydrogen (secondary N) is 1. The third-order valence-electron chi connectivity index (χ3n) is 5.44. The van der Waals surface area contributed by atoms with E-state index < -0.39 is 0 Å². The minimum atomic E-state index is -0.185. The van der Waals surface area contributed by atoms with E-state index in [1.807, 2.05) is 37.3 Å². The molecule has 1 aliphatic rings. The van der Waals surface area contributed by atoms with Crippen molar-refractivity contribution in [3.05, 3.63) is 53.6 Å². The molecule has 3 rings (SSSR count). The number of carbonyl (C=O) groups is 1. The molecule has 1 fully saturated rings. The Morgan fingerprint density at radius 3 is 2.34 bits per heavy atom. The van der Waals surface area contributed by atoms with Gasteiger partial charge in [0.15, 0.2) is 11.5 Å². The minimum absolute atomic E-state index is 0.0553. The first kappa shape index (κ1) is 21.0. The third kappa shape index (κ3) is 4.82. The Balaban J connectivity index is 1.71. The predicted octanol–water partition coefficient (Wildman–Crippen LogP) is 3.55. The first-order valence-corrected chi connectivity index (χ1v) is 9.95. The molecule has 1 aliphatic heterocycles. The van der Waals surface area contributed by atoms with Gasteiger partial charge in [0.05, 0.1) is 33.4 Å². The normalized spacial score (nSPS) is 17.6. The Labute approximate surface area is 172 Å². The van der Waals surface area contributed by atoms with Crippen molar-refractivity contribution in [3.8, 4) is 17.2 Å². The Kier molecular flexibility index (Phi) is 6.99. The molecule has 29 heavy (non-hydrogen) atoms. The van der Waals surface area contributed by atoms with Gasteiger partial charge < -0.3 is 19.5 Å². The van der Waals surface area contributed by atoms with Gasteiger partial charge in [0.25, 0.3) is 0 Å².